The molecule has 3 aromatic heterocycles. The predicted molar refractivity (Wildman–Crippen MR) is 126 cm³/mol. The monoisotopic (exact) mass is 482 g/mol. The summed E-state index contributed by atoms with van der Waals surface area (Å²) in [6, 6.07) is 7.72. The molecule has 2 N–H and O–H groups in total. The van der Waals surface area contributed by atoms with Crippen LogP contribution in [0.5, 0.6) is 0 Å². The summed E-state index contributed by atoms with van der Waals surface area (Å²) < 4.78 is 28.5. The Labute approximate surface area is 199 Å². The Morgan fingerprint density at radius 1 is 1.21 bits per heavy atom. The predicted octanol–water partition coefficient (Wildman–Crippen LogP) is 4.92. The number of nitrogens with zero attached hydrogens (tertiary/aromatic N) is 4. The molecule has 0 aliphatic carbocycles. The van der Waals surface area contributed by atoms with Gasteiger partial charge in [0.2, 0.25) is 0 Å². The van der Waals surface area contributed by atoms with E-state index in [1.807, 2.05) is 0 Å². The molecule has 0 bridgehead atoms. The third kappa shape index (κ3) is 4.43. The van der Waals surface area contributed by atoms with E-state index in [1.165, 1.54) is 18.3 Å². The summed E-state index contributed by atoms with van der Waals surface area (Å²) in [4.78, 5) is 30.2. The van der Waals surface area contributed by atoms with E-state index >= 15 is 0 Å². The molecule has 1 aliphatic heterocycles. The second-order valence-electron chi connectivity index (χ2n) is 8.26. The first-order chi connectivity index (χ1) is 16.5. The number of piperidine rings is 1. The molecule has 1 aliphatic rings. The molecule has 174 valence electrons. The van der Waals surface area contributed by atoms with Crippen molar-refractivity contribution in [3.05, 3.63) is 71.1 Å². The Morgan fingerprint density at radius 2 is 2.06 bits per heavy atom. The van der Waals surface area contributed by atoms with Gasteiger partial charge < -0.3 is 15.2 Å². The van der Waals surface area contributed by atoms with E-state index in [9.17, 15) is 13.6 Å². The van der Waals surface area contributed by atoms with Crippen LogP contribution in [-0.4, -0.2) is 50.4 Å². The number of aromatic nitrogens is 4. The molecule has 1 amide bonds. The number of carbonyl (C=O) groups is 1. The number of amides is 1. The van der Waals surface area contributed by atoms with E-state index in [0.717, 1.165) is 24.4 Å². The highest BCUT2D eigenvalue weighted by molar-refractivity contribution is 6.31. The maximum Gasteiger partial charge on any atom is 0.256 e. The molecular formula is C24H21ClF2N6O. The van der Waals surface area contributed by atoms with Gasteiger partial charge in [-0.25, -0.2) is 23.7 Å². The number of carbonyl (C=O) groups excluding carboxylic acids is 1. The number of fused-ring (bicyclic) bond motifs is 1. The van der Waals surface area contributed by atoms with Gasteiger partial charge in [-0.15, -0.1) is 0 Å². The number of nitrogens with one attached hydrogen (secondary N) is 2. The zero-order valence-corrected chi connectivity index (χ0v) is 18.8. The first-order valence-corrected chi connectivity index (χ1v) is 11.3. The molecule has 5 rings (SSSR count). The lowest BCUT2D eigenvalue weighted by molar-refractivity contribution is 0.0675. The molecule has 0 saturated carbocycles. The van der Waals surface area contributed by atoms with Crippen LogP contribution in [0.15, 0.2) is 48.9 Å². The summed E-state index contributed by atoms with van der Waals surface area (Å²) in [5, 5.41) is 4.27. The molecule has 1 fully saturated rings. The second kappa shape index (κ2) is 9.34. The summed E-state index contributed by atoms with van der Waals surface area (Å²) in [6.07, 6.45) is 6.01. The molecule has 0 unspecified atom stereocenters. The van der Waals surface area contributed by atoms with Crippen molar-refractivity contribution < 1.29 is 13.6 Å². The SMILES string of the molecule is O=C(c1ccccc1F)N1CCC[C@H](CNc2nc(-c3c[nH]c4ncc(Cl)cc34)ncc2F)C1. The minimum absolute atomic E-state index is 0.0657. The van der Waals surface area contributed by atoms with Gasteiger partial charge in [0, 0.05) is 43.0 Å². The first kappa shape index (κ1) is 22.2. The molecule has 4 heterocycles. The Kier molecular flexibility index (Phi) is 6.10. The summed E-state index contributed by atoms with van der Waals surface area (Å²) in [5.74, 6) is -0.957. The third-order valence-electron chi connectivity index (χ3n) is 5.95. The fourth-order valence-corrected chi connectivity index (χ4v) is 4.40. The van der Waals surface area contributed by atoms with Crippen LogP contribution in [0.25, 0.3) is 22.4 Å². The molecule has 1 saturated heterocycles. The zero-order chi connectivity index (χ0) is 23.7. The van der Waals surface area contributed by atoms with E-state index in [0.29, 0.717) is 41.7 Å². The van der Waals surface area contributed by atoms with Gasteiger partial charge in [-0.2, -0.15) is 0 Å². The van der Waals surface area contributed by atoms with Crippen molar-refractivity contribution in [2.45, 2.75) is 12.8 Å². The fourth-order valence-electron chi connectivity index (χ4n) is 4.25. The first-order valence-electron chi connectivity index (χ1n) is 10.9. The largest absolute Gasteiger partial charge is 0.367 e. The zero-order valence-electron chi connectivity index (χ0n) is 18.1. The van der Waals surface area contributed by atoms with Crippen molar-refractivity contribution >= 4 is 34.4 Å². The van der Waals surface area contributed by atoms with Crippen LogP contribution in [-0.2, 0) is 0 Å². The number of hydrogen-bond donors (Lipinski definition) is 2. The van der Waals surface area contributed by atoms with Crippen molar-refractivity contribution in [1.29, 1.82) is 0 Å². The van der Waals surface area contributed by atoms with Crippen LogP contribution in [0, 0.1) is 17.6 Å². The fraction of sp³-hybridized carbons (Fsp3) is 0.250. The van der Waals surface area contributed by atoms with Gasteiger partial charge in [0.25, 0.3) is 5.91 Å². The number of pyridine rings is 1. The van der Waals surface area contributed by atoms with Gasteiger partial charge in [0.15, 0.2) is 17.5 Å². The molecule has 10 heteroatoms. The summed E-state index contributed by atoms with van der Waals surface area (Å²) in [6.45, 7) is 1.43. The van der Waals surface area contributed by atoms with Crippen LogP contribution in [0.2, 0.25) is 5.02 Å². The lowest BCUT2D eigenvalue weighted by Crippen LogP contribution is -2.42. The van der Waals surface area contributed by atoms with Gasteiger partial charge in [-0.05, 0) is 37.0 Å². The van der Waals surface area contributed by atoms with Gasteiger partial charge in [-0.1, -0.05) is 23.7 Å². The van der Waals surface area contributed by atoms with Crippen LogP contribution >= 0.6 is 11.6 Å². The molecule has 7 nitrogen and oxygen atoms in total. The molecule has 1 atom stereocenters. The number of anilines is 1. The van der Waals surface area contributed by atoms with Gasteiger partial charge >= 0.3 is 0 Å². The van der Waals surface area contributed by atoms with Gasteiger partial charge in [0.1, 0.15) is 11.5 Å². The van der Waals surface area contributed by atoms with E-state index in [-0.39, 0.29) is 23.2 Å². The van der Waals surface area contributed by atoms with Gasteiger partial charge in [0.05, 0.1) is 16.8 Å². The number of likely N-dealkylation sites (tertiary alicyclic amines) is 1. The third-order valence-corrected chi connectivity index (χ3v) is 6.16. The van der Waals surface area contributed by atoms with Crippen LogP contribution in [0.3, 0.4) is 0 Å². The molecule has 4 aromatic rings. The van der Waals surface area contributed by atoms with Crippen molar-refractivity contribution in [2.75, 3.05) is 25.0 Å². The van der Waals surface area contributed by atoms with Crippen LogP contribution in [0.1, 0.15) is 23.2 Å². The Morgan fingerprint density at radius 3 is 2.91 bits per heavy atom. The highest BCUT2D eigenvalue weighted by Crippen LogP contribution is 2.28. The number of rotatable bonds is 5. The maximum absolute atomic E-state index is 14.5. The van der Waals surface area contributed by atoms with Crippen molar-refractivity contribution in [3.63, 3.8) is 0 Å². The van der Waals surface area contributed by atoms with Crippen molar-refractivity contribution in [2.24, 2.45) is 5.92 Å². The Bertz CT molecular complexity index is 1360. The number of benzene rings is 1. The van der Waals surface area contributed by atoms with Gasteiger partial charge in [-0.3, -0.25) is 4.79 Å². The Balaban J connectivity index is 1.30. The summed E-state index contributed by atoms with van der Waals surface area (Å²) in [7, 11) is 0. The average molecular weight is 483 g/mol. The minimum Gasteiger partial charge on any atom is -0.367 e. The van der Waals surface area contributed by atoms with Crippen molar-refractivity contribution in [3.8, 4) is 11.4 Å². The summed E-state index contributed by atoms with van der Waals surface area (Å²) >= 11 is 6.07. The normalized spacial score (nSPS) is 16.1. The lowest BCUT2D eigenvalue weighted by Gasteiger charge is -2.33. The molecule has 0 radical (unpaired) electrons. The van der Waals surface area contributed by atoms with E-state index < -0.39 is 11.6 Å². The number of halogens is 3. The summed E-state index contributed by atoms with van der Waals surface area (Å²) in [5.41, 5.74) is 1.35. The van der Waals surface area contributed by atoms with E-state index in [4.69, 9.17) is 11.6 Å². The minimum atomic E-state index is -0.574. The second-order valence-corrected chi connectivity index (χ2v) is 8.70. The lowest BCUT2D eigenvalue weighted by atomic mass is 9.97. The molecule has 0 spiro atoms. The highest BCUT2D eigenvalue weighted by atomic mass is 35.5. The average Bonchev–Trinajstić information content (AvgIpc) is 3.26. The number of aromatic amines is 1. The molecule has 1 aromatic carbocycles. The standard InChI is InChI=1S/C24H21ClF2N6O/c25-15-8-17-18(11-30-21(17)29-10-15)22-31-12-20(27)23(32-22)28-9-14-4-3-7-33(13-14)24(34)16-5-1-2-6-19(16)26/h1-2,5-6,8,10-12,14H,3-4,7,9,13H2,(H,29,30)(H,28,31,32)/t14-/m1/s1. The molecule has 34 heavy (non-hydrogen) atoms. The number of H-pyrrole nitrogens is 1. The molecular weight excluding hydrogens is 462 g/mol. The number of hydrogen-bond acceptors (Lipinski definition) is 5. The van der Waals surface area contributed by atoms with E-state index in [1.54, 1.807) is 29.3 Å². The van der Waals surface area contributed by atoms with E-state index in [2.05, 4.69) is 25.3 Å². The quantitative estimate of drug-likeness (QED) is 0.422. The highest BCUT2D eigenvalue weighted by Gasteiger charge is 2.26. The van der Waals surface area contributed by atoms with Crippen molar-refractivity contribution in [1.82, 2.24) is 24.8 Å². The Hall–Kier alpha value is -3.59. The van der Waals surface area contributed by atoms with Crippen LogP contribution in [0.4, 0.5) is 14.6 Å². The smallest absolute Gasteiger partial charge is 0.256 e. The topological polar surface area (TPSA) is 86.8 Å². The van der Waals surface area contributed by atoms with Crippen LogP contribution < -0.4 is 5.32 Å². The maximum atomic E-state index is 14.5.